The number of rotatable bonds is 22. The molecule has 0 aromatic carbocycles. The Balaban J connectivity index is 3.49. The molecule has 0 aliphatic carbocycles. The number of unbranched alkanes of at least 4 members (excludes halogenated alkanes) is 7. The van der Waals surface area contributed by atoms with E-state index in [1.807, 2.05) is 0 Å². The SMILES string of the molecule is O=C(O)C(CCO)CCCCCCC=CCC=CCCCCCN(CCO)CCO. The maximum absolute atomic E-state index is 11.0. The molecule has 0 rings (SSSR count). The molecule has 0 radical (unpaired) electrons. The van der Waals surface area contributed by atoms with Crippen LogP contribution >= 0.6 is 0 Å². The zero-order valence-corrected chi connectivity index (χ0v) is 18.8. The van der Waals surface area contributed by atoms with Crippen LogP contribution in [-0.2, 0) is 4.79 Å². The van der Waals surface area contributed by atoms with E-state index in [-0.39, 0.29) is 19.8 Å². The summed E-state index contributed by atoms with van der Waals surface area (Å²) in [6.07, 6.45) is 20.8. The number of carboxylic acids is 1. The number of aliphatic hydroxyl groups excluding tert-OH is 3. The first-order chi connectivity index (χ1) is 14.7. The topological polar surface area (TPSA) is 101 Å². The lowest BCUT2D eigenvalue weighted by atomic mass is 9.98. The predicted molar refractivity (Wildman–Crippen MR) is 123 cm³/mol. The van der Waals surface area contributed by atoms with Gasteiger partial charge in [-0.3, -0.25) is 9.69 Å². The Morgan fingerprint density at radius 2 is 1.23 bits per heavy atom. The first kappa shape index (κ1) is 28.8. The van der Waals surface area contributed by atoms with Crippen LogP contribution in [0.3, 0.4) is 0 Å². The van der Waals surface area contributed by atoms with Gasteiger partial charge in [-0.15, -0.1) is 0 Å². The van der Waals surface area contributed by atoms with Crippen molar-refractivity contribution in [2.75, 3.05) is 39.5 Å². The summed E-state index contributed by atoms with van der Waals surface area (Å²) in [7, 11) is 0. The Bertz CT molecular complexity index is 433. The monoisotopic (exact) mass is 427 g/mol. The Morgan fingerprint density at radius 3 is 1.77 bits per heavy atom. The van der Waals surface area contributed by atoms with Crippen LogP contribution in [0.1, 0.15) is 77.0 Å². The molecule has 0 saturated heterocycles. The van der Waals surface area contributed by atoms with Gasteiger partial charge < -0.3 is 20.4 Å². The summed E-state index contributed by atoms with van der Waals surface area (Å²) < 4.78 is 0. The molecule has 0 aliphatic heterocycles. The first-order valence-corrected chi connectivity index (χ1v) is 11.7. The highest BCUT2D eigenvalue weighted by Crippen LogP contribution is 2.15. The average Bonchev–Trinajstić information content (AvgIpc) is 2.72. The molecule has 0 aromatic rings. The third-order valence-corrected chi connectivity index (χ3v) is 5.28. The van der Waals surface area contributed by atoms with E-state index in [2.05, 4.69) is 29.2 Å². The van der Waals surface area contributed by atoms with E-state index in [4.69, 9.17) is 20.4 Å². The zero-order chi connectivity index (χ0) is 22.3. The molecule has 0 aromatic heterocycles. The third-order valence-electron chi connectivity index (χ3n) is 5.28. The van der Waals surface area contributed by atoms with Crippen LogP contribution in [0.25, 0.3) is 0 Å². The van der Waals surface area contributed by atoms with Crippen molar-refractivity contribution in [3.63, 3.8) is 0 Å². The van der Waals surface area contributed by atoms with Gasteiger partial charge in [0.05, 0.1) is 19.1 Å². The van der Waals surface area contributed by atoms with Gasteiger partial charge in [0.15, 0.2) is 0 Å². The molecule has 0 saturated carbocycles. The molecule has 0 bridgehead atoms. The molecule has 30 heavy (non-hydrogen) atoms. The molecule has 0 fully saturated rings. The molecule has 0 spiro atoms. The largest absolute Gasteiger partial charge is 0.481 e. The van der Waals surface area contributed by atoms with Gasteiger partial charge in [-0.1, -0.05) is 50.0 Å². The standard InChI is InChI=1S/C24H45NO5/c26-20-16-23(24(29)30)15-13-11-9-7-5-3-1-2-4-6-8-10-12-14-17-25(18-21-27)19-22-28/h1,3-4,6,23,26-28H,2,5,7-22H2,(H,29,30). The van der Waals surface area contributed by atoms with Crippen molar-refractivity contribution in [3.05, 3.63) is 24.3 Å². The fraction of sp³-hybridized carbons (Fsp3) is 0.792. The molecule has 4 N–H and O–H groups in total. The minimum atomic E-state index is -0.789. The molecule has 0 amide bonds. The average molecular weight is 428 g/mol. The number of aliphatic carboxylic acids is 1. The van der Waals surface area contributed by atoms with Crippen molar-refractivity contribution >= 4 is 5.97 Å². The smallest absolute Gasteiger partial charge is 0.306 e. The highest BCUT2D eigenvalue weighted by Gasteiger charge is 2.15. The zero-order valence-electron chi connectivity index (χ0n) is 18.8. The van der Waals surface area contributed by atoms with Crippen molar-refractivity contribution in [2.45, 2.75) is 77.0 Å². The molecule has 0 aliphatic rings. The van der Waals surface area contributed by atoms with Crippen molar-refractivity contribution in [1.82, 2.24) is 4.90 Å². The molecule has 1 atom stereocenters. The molecular formula is C24H45NO5. The number of hydrogen-bond donors (Lipinski definition) is 4. The van der Waals surface area contributed by atoms with Gasteiger partial charge in [-0.2, -0.15) is 0 Å². The summed E-state index contributed by atoms with van der Waals surface area (Å²) in [4.78, 5) is 13.1. The van der Waals surface area contributed by atoms with Crippen molar-refractivity contribution in [3.8, 4) is 0 Å². The summed E-state index contributed by atoms with van der Waals surface area (Å²) in [5.74, 6) is -1.18. The number of nitrogens with zero attached hydrogens (tertiary/aromatic N) is 1. The van der Waals surface area contributed by atoms with Gasteiger partial charge in [-0.05, 0) is 57.9 Å². The van der Waals surface area contributed by atoms with Crippen LogP contribution < -0.4 is 0 Å². The Hall–Kier alpha value is -1.21. The Kier molecular flexibility index (Phi) is 21.6. The second-order valence-corrected chi connectivity index (χ2v) is 7.86. The van der Waals surface area contributed by atoms with E-state index in [9.17, 15) is 4.79 Å². The van der Waals surface area contributed by atoms with Crippen molar-refractivity contribution < 1.29 is 25.2 Å². The van der Waals surface area contributed by atoms with Gasteiger partial charge in [0.2, 0.25) is 0 Å². The second-order valence-electron chi connectivity index (χ2n) is 7.86. The lowest BCUT2D eigenvalue weighted by Gasteiger charge is -2.19. The fourth-order valence-corrected chi connectivity index (χ4v) is 3.45. The Labute approximate surface area is 183 Å². The van der Waals surface area contributed by atoms with E-state index in [1.165, 1.54) is 12.8 Å². The quantitative estimate of drug-likeness (QED) is 0.155. The molecule has 6 nitrogen and oxygen atoms in total. The van der Waals surface area contributed by atoms with Crippen molar-refractivity contribution in [2.24, 2.45) is 5.92 Å². The van der Waals surface area contributed by atoms with Gasteiger partial charge in [0, 0.05) is 19.7 Å². The van der Waals surface area contributed by atoms with Crippen LogP contribution in [0.2, 0.25) is 0 Å². The van der Waals surface area contributed by atoms with E-state index < -0.39 is 11.9 Å². The van der Waals surface area contributed by atoms with E-state index >= 15 is 0 Å². The number of carbonyl (C=O) groups is 1. The second kappa shape index (κ2) is 22.5. The summed E-state index contributed by atoms with van der Waals surface area (Å²) in [6, 6.07) is 0. The minimum Gasteiger partial charge on any atom is -0.481 e. The van der Waals surface area contributed by atoms with Gasteiger partial charge in [0.25, 0.3) is 0 Å². The van der Waals surface area contributed by atoms with Crippen molar-refractivity contribution in [1.29, 1.82) is 0 Å². The lowest BCUT2D eigenvalue weighted by Crippen LogP contribution is -2.30. The molecule has 1 unspecified atom stereocenters. The van der Waals surface area contributed by atoms with Gasteiger partial charge in [-0.25, -0.2) is 0 Å². The van der Waals surface area contributed by atoms with Gasteiger partial charge >= 0.3 is 5.97 Å². The number of aliphatic hydroxyl groups is 3. The summed E-state index contributed by atoms with van der Waals surface area (Å²) >= 11 is 0. The van der Waals surface area contributed by atoms with Crippen LogP contribution in [0.15, 0.2) is 24.3 Å². The van der Waals surface area contributed by atoms with E-state index in [1.54, 1.807) is 0 Å². The molecule has 0 heterocycles. The Morgan fingerprint density at radius 1 is 0.667 bits per heavy atom. The summed E-state index contributed by atoms with van der Waals surface area (Å²) in [5.41, 5.74) is 0. The number of allylic oxidation sites excluding steroid dienone is 4. The molecule has 176 valence electrons. The maximum Gasteiger partial charge on any atom is 0.306 e. The number of carboxylic acid groups (broad SMARTS) is 1. The van der Waals surface area contributed by atoms with Gasteiger partial charge in [0.1, 0.15) is 0 Å². The predicted octanol–water partition coefficient (Wildman–Crippen LogP) is 3.76. The highest BCUT2D eigenvalue weighted by atomic mass is 16.4. The van der Waals surface area contributed by atoms with E-state index in [0.29, 0.717) is 25.9 Å². The lowest BCUT2D eigenvalue weighted by molar-refractivity contribution is -0.142. The normalized spacial score (nSPS) is 13.1. The first-order valence-electron chi connectivity index (χ1n) is 11.7. The number of hydrogen-bond acceptors (Lipinski definition) is 5. The molecular weight excluding hydrogens is 382 g/mol. The van der Waals surface area contributed by atoms with Crippen LogP contribution in [-0.4, -0.2) is 70.8 Å². The van der Waals surface area contributed by atoms with Crippen LogP contribution in [0.4, 0.5) is 0 Å². The molecule has 6 heteroatoms. The van der Waals surface area contributed by atoms with Crippen LogP contribution in [0.5, 0.6) is 0 Å². The minimum absolute atomic E-state index is 0.0498. The third kappa shape index (κ3) is 18.8. The maximum atomic E-state index is 11.0. The fourth-order valence-electron chi connectivity index (χ4n) is 3.45. The summed E-state index contributed by atoms with van der Waals surface area (Å²) in [5, 5.41) is 35.9. The van der Waals surface area contributed by atoms with E-state index in [0.717, 1.165) is 57.9 Å². The summed E-state index contributed by atoms with van der Waals surface area (Å²) in [6.45, 7) is 2.47. The van der Waals surface area contributed by atoms with Crippen LogP contribution in [0, 0.1) is 5.92 Å². The highest BCUT2D eigenvalue weighted by molar-refractivity contribution is 5.69.